The Kier molecular flexibility index (Phi) is 4.17. The van der Waals surface area contributed by atoms with Gasteiger partial charge in [0.05, 0.1) is 17.5 Å². The first-order valence-electron chi connectivity index (χ1n) is 5.98. The Morgan fingerprint density at radius 1 is 1.55 bits per heavy atom. The number of hydrogen-bond donors (Lipinski definition) is 2. The number of phenols is 1. The van der Waals surface area contributed by atoms with Gasteiger partial charge in [-0.15, -0.1) is 0 Å². The number of phenolic OH excluding ortho intramolecular Hbond substituents is 1. The lowest BCUT2D eigenvalue weighted by Crippen LogP contribution is -2.25. The number of likely N-dealkylation sites (tertiary alicyclic amines) is 1. The Bertz CT molecular complexity index is 560. The zero-order valence-electron chi connectivity index (χ0n) is 10.8. The Labute approximate surface area is 124 Å². The second kappa shape index (κ2) is 5.70. The van der Waals surface area contributed by atoms with Gasteiger partial charge in [0.15, 0.2) is 11.5 Å². The fraction of sp³-hybridized carbons (Fsp3) is 0.385. The minimum Gasteiger partial charge on any atom is -0.503 e. The Morgan fingerprint density at radius 3 is 2.80 bits per heavy atom. The molecule has 1 heterocycles. The maximum Gasteiger partial charge on any atom is 0.308 e. The topological polar surface area (TPSA) is 87.1 Å². The molecule has 0 saturated carbocycles. The lowest BCUT2D eigenvalue weighted by atomic mass is 10.1. The zero-order valence-corrected chi connectivity index (χ0v) is 12.4. The van der Waals surface area contributed by atoms with Crippen LogP contribution in [0.25, 0.3) is 0 Å². The molecule has 7 heteroatoms. The molecule has 1 unspecified atom stereocenters. The summed E-state index contributed by atoms with van der Waals surface area (Å²) in [5.74, 6) is -1.49. The molecule has 1 atom stereocenters. The maximum atomic E-state index is 11.8. The number of aromatic hydroxyl groups is 1. The first-order chi connectivity index (χ1) is 9.42. The molecule has 0 aliphatic carbocycles. The van der Waals surface area contributed by atoms with E-state index in [1.165, 1.54) is 12.0 Å². The van der Waals surface area contributed by atoms with Gasteiger partial charge in [-0.1, -0.05) is 0 Å². The van der Waals surface area contributed by atoms with Crippen molar-refractivity contribution >= 4 is 27.8 Å². The average Bonchev–Trinajstić information content (AvgIpc) is 2.75. The molecular weight excluding hydrogens is 330 g/mol. The molecule has 1 saturated heterocycles. The van der Waals surface area contributed by atoms with Crippen molar-refractivity contribution in [3.8, 4) is 11.5 Å². The summed E-state index contributed by atoms with van der Waals surface area (Å²) in [7, 11) is 1.44. The smallest absolute Gasteiger partial charge is 0.308 e. The summed E-state index contributed by atoms with van der Waals surface area (Å²) < 4.78 is 5.51. The predicted octanol–water partition coefficient (Wildman–Crippen LogP) is 1.60. The zero-order chi connectivity index (χ0) is 14.9. The first-order valence-corrected chi connectivity index (χ1v) is 6.77. The maximum absolute atomic E-state index is 11.8. The molecule has 2 N–H and O–H groups in total. The van der Waals surface area contributed by atoms with E-state index in [1.807, 2.05) is 0 Å². The summed E-state index contributed by atoms with van der Waals surface area (Å²) in [4.78, 5) is 24.2. The molecule has 1 aromatic carbocycles. The van der Waals surface area contributed by atoms with Gasteiger partial charge in [0.2, 0.25) is 5.91 Å². The third-order valence-electron chi connectivity index (χ3n) is 3.25. The number of carboxylic acids is 1. The fourth-order valence-corrected chi connectivity index (χ4v) is 2.67. The highest BCUT2D eigenvalue weighted by atomic mass is 79.9. The first kappa shape index (κ1) is 14.6. The molecule has 1 amide bonds. The van der Waals surface area contributed by atoms with E-state index in [1.54, 1.807) is 12.1 Å². The van der Waals surface area contributed by atoms with Gasteiger partial charge in [-0.2, -0.15) is 0 Å². The number of amides is 1. The van der Waals surface area contributed by atoms with Gasteiger partial charge in [0.1, 0.15) is 0 Å². The summed E-state index contributed by atoms with van der Waals surface area (Å²) in [6.45, 7) is 0.493. The van der Waals surface area contributed by atoms with Gasteiger partial charge in [-0.25, -0.2) is 0 Å². The molecule has 1 aromatic rings. The van der Waals surface area contributed by atoms with Crippen molar-refractivity contribution in [1.82, 2.24) is 4.90 Å². The molecule has 108 valence electrons. The molecule has 20 heavy (non-hydrogen) atoms. The van der Waals surface area contributed by atoms with Crippen LogP contribution in [0.2, 0.25) is 0 Å². The Morgan fingerprint density at radius 2 is 2.25 bits per heavy atom. The lowest BCUT2D eigenvalue weighted by Gasteiger charge is -2.17. The molecule has 1 aliphatic heterocycles. The number of aliphatic carboxylic acids is 1. The van der Waals surface area contributed by atoms with E-state index >= 15 is 0 Å². The Hall–Kier alpha value is -1.76. The van der Waals surface area contributed by atoms with Crippen LogP contribution in [0.1, 0.15) is 12.0 Å². The van der Waals surface area contributed by atoms with E-state index < -0.39 is 11.9 Å². The van der Waals surface area contributed by atoms with Gasteiger partial charge >= 0.3 is 5.97 Å². The lowest BCUT2D eigenvalue weighted by molar-refractivity contribution is -0.141. The van der Waals surface area contributed by atoms with Crippen molar-refractivity contribution in [1.29, 1.82) is 0 Å². The van der Waals surface area contributed by atoms with Crippen LogP contribution in [0, 0.1) is 5.92 Å². The van der Waals surface area contributed by atoms with E-state index in [2.05, 4.69) is 15.9 Å². The number of ether oxygens (including phenoxy) is 1. The molecule has 6 nitrogen and oxygen atoms in total. The van der Waals surface area contributed by atoms with Crippen LogP contribution in [0.15, 0.2) is 16.6 Å². The van der Waals surface area contributed by atoms with E-state index in [4.69, 9.17) is 9.84 Å². The molecule has 1 aliphatic rings. The van der Waals surface area contributed by atoms with Crippen LogP contribution in [0.4, 0.5) is 0 Å². The van der Waals surface area contributed by atoms with E-state index in [-0.39, 0.29) is 31.2 Å². The third kappa shape index (κ3) is 2.87. The van der Waals surface area contributed by atoms with Crippen molar-refractivity contribution < 1.29 is 24.5 Å². The molecule has 0 bridgehead atoms. The summed E-state index contributed by atoms with van der Waals surface area (Å²) >= 11 is 3.21. The quantitative estimate of drug-likeness (QED) is 0.866. The van der Waals surface area contributed by atoms with Crippen molar-refractivity contribution in [2.24, 2.45) is 5.92 Å². The molecule has 0 radical (unpaired) electrons. The second-order valence-electron chi connectivity index (χ2n) is 4.64. The summed E-state index contributed by atoms with van der Waals surface area (Å²) in [6, 6.07) is 3.31. The number of carboxylic acid groups (broad SMARTS) is 1. The SMILES string of the molecule is COc1cc(CN2CC(C(=O)O)CC2=O)cc(Br)c1O. The number of methoxy groups -OCH3 is 1. The highest BCUT2D eigenvalue weighted by molar-refractivity contribution is 9.10. The van der Waals surface area contributed by atoms with Gasteiger partial charge in [0.25, 0.3) is 0 Å². The van der Waals surface area contributed by atoms with E-state index in [0.717, 1.165) is 5.56 Å². The normalized spacial score (nSPS) is 18.4. The number of benzene rings is 1. The van der Waals surface area contributed by atoms with Gasteiger partial charge in [-0.05, 0) is 33.6 Å². The minimum atomic E-state index is -0.953. The standard InChI is InChI=1S/C13H14BrNO5/c1-20-10-3-7(2-9(14)12(10)17)5-15-6-8(13(18)19)4-11(15)16/h2-3,8,17H,4-6H2,1H3,(H,18,19). The van der Waals surface area contributed by atoms with Crippen LogP contribution in [0.3, 0.4) is 0 Å². The highest BCUT2D eigenvalue weighted by Crippen LogP contribution is 2.35. The predicted molar refractivity (Wildman–Crippen MR) is 73.5 cm³/mol. The molecule has 1 fully saturated rings. The summed E-state index contributed by atoms with van der Waals surface area (Å²) in [5.41, 5.74) is 0.755. The van der Waals surface area contributed by atoms with Crippen LogP contribution in [0.5, 0.6) is 11.5 Å². The molecule has 2 rings (SSSR count). The largest absolute Gasteiger partial charge is 0.503 e. The molecule has 0 aromatic heterocycles. The van der Waals surface area contributed by atoms with Gasteiger partial charge in [-0.3, -0.25) is 9.59 Å². The van der Waals surface area contributed by atoms with Crippen LogP contribution < -0.4 is 4.74 Å². The average molecular weight is 344 g/mol. The van der Waals surface area contributed by atoms with Crippen LogP contribution in [-0.4, -0.2) is 40.6 Å². The van der Waals surface area contributed by atoms with Crippen molar-refractivity contribution in [3.05, 3.63) is 22.2 Å². The second-order valence-corrected chi connectivity index (χ2v) is 5.50. The fourth-order valence-electron chi connectivity index (χ4n) is 2.18. The van der Waals surface area contributed by atoms with Crippen LogP contribution in [-0.2, 0) is 16.1 Å². The summed E-state index contributed by atoms with van der Waals surface area (Å²) in [6.07, 6.45) is 0.0335. The number of carbonyl (C=O) groups is 2. The number of nitrogens with zero attached hydrogens (tertiary/aromatic N) is 1. The van der Waals surface area contributed by atoms with Crippen molar-refractivity contribution in [3.63, 3.8) is 0 Å². The number of halogens is 1. The van der Waals surface area contributed by atoms with Crippen molar-refractivity contribution in [2.45, 2.75) is 13.0 Å². The Balaban J connectivity index is 2.17. The third-order valence-corrected chi connectivity index (χ3v) is 3.85. The molecular formula is C13H14BrNO5. The number of rotatable bonds is 4. The van der Waals surface area contributed by atoms with E-state index in [9.17, 15) is 14.7 Å². The molecule has 0 spiro atoms. The van der Waals surface area contributed by atoms with Crippen LogP contribution >= 0.6 is 15.9 Å². The van der Waals surface area contributed by atoms with Gasteiger partial charge < -0.3 is 19.8 Å². The summed E-state index contributed by atoms with van der Waals surface area (Å²) in [5, 5.41) is 18.7. The van der Waals surface area contributed by atoms with Crippen molar-refractivity contribution in [2.75, 3.05) is 13.7 Å². The minimum absolute atomic E-state index is 0.00703. The number of carbonyl (C=O) groups excluding carboxylic acids is 1. The highest BCUT2D eigenvalue weighted by Gasteiger charge is 2.34. The monoisotopic (exact) mass is 343 g/mol. The van der Waals surface area contributed by atoms with Gasteiger partial charge in [0, 0.05) is 19.5 Å². The van der Waals surface area contributed by atoms with E-state index in [0.29, 0.717) is 10.2 Å². The number of hydrogen-bond acceptors (Lipinski definition) is 4.